The highest BCUT2D eigenvalue weighted by Crippen LogP contribution is 2.06. The number of likely N-dealkylation sites (N-methyl/N-ethyl adjacent to an activating group) is 1. The Bertz CT molecular complexity index is 280. The summed E-state index contributed by atoms with van der Waals surface area (Å²) in [6, 6.07) is -0.936. The van der Waals surface area contributed by atoms with E-state index in [1.165, 1.54) is 4.90 Å². The summed E-state index contributed by atoms with van der Waals surface area (Å²) in [5, 5.41) is 14.8. The lowest BCUT2D eigenvalue weighted by Gasteiger charge is -2.19. The largest absolute Gasteiger partial charge is 0.392 e. The van der Waals surface area contributed by atoms with E-state index in [2.05, 4.69) is 10.6 Å². The molecule has 1 heterocycles. The number of hydrogen-bond acceptors (Lipinski definition) is 4. The molecule has 3 N–H and O–H groups in total. The van der Waals surface area contributed by atoms with Gasteiger partial charge in [0, 0.05) is 20.6 Å². The number of nitrogens with zero attached hydrogens (tertiary/aromatic N) is 1. The molecule has 2 amide bonds. The second kappa shape index (κ2) is 5.27. The van der Waals surface area contributed by atoms with E-state index in [4.69, 9.17) is 0 Å². The zero-order valence-electron chi connectivity index (χ0n) is 9.86. The summed E-state index contributed by atoms with van der Waals surface area (Å²) in [5.41, 5.74) is 0. The Morgan fingerprint density at radius 3 is 2.56 bits per heavy atom. The molecule has 6 nitrogen and oxygen atoms in total. The van der Waals surface area contributed by atoms with Crippen LogP contribution in [0.25, 0.3) is 0 Å². The van der Waals surface area contributed by atoms with E-state index < -0.39 is 18.2 Å². The zero-order valence-corrected chi connectivity index (χ0v) is 9.86. The van der Waals surface area contributed by atoms with Crippen LogP contribution in [0, 0.1) is 0 Å². The van der Waals surface area contributed by atoms with Gasteiger partial charge in [0.05, 0.1) is 12.1 Å². The normalized spacial score (nSPS) is 26.2. The van der Waals surface area contributed by atoms with Gasteiger partial charge in [-0.2, -0.15) is 0 Å². The third-order valence-corrected chi connectivity index (χ3v) is 2.59. The van der Waals surface area contributed by atoms with Crippen LogP contribution in [0.2, 0.25) is 0 Å². The van der Waals surface area contributed by atoms with Crippen molar-refractivity contribution in [1.29, 1.82) is 0 Å². The lowest BCUT2D eigenvalue weighted by molar-refractivity contribution is -0.134. The first-order valence-corrected chi connectivity index (χ1v) is 5.34. The molecule has 1 rings (SSSR count). The molecule has 0 aromatic heterocycles. The SMILES string of the molecule is CC(NC(=O)C1CC(O)CN1)C(=O)N(C)C. The summed E-state index contributed by atoms with van der Waals surface area (Å²) in [6.07, 6.45) is -0.0788. The molecule has 92 valence electrons. The van der Waals surface area contributed by atoms with Crippen LogP contribution in [0.5, 0.6) is 0 Å². The monoisotopic (exact) mass is 229 g/mol. The summed E-state index contributed by atoms with van der Waals surface area (Å²) in [5.74, 6) is -0.383. The standard InChI is InChI=1S/C10H19N3O3/c1-6(10(16)13(2)3)12-9(15)8-4-7(14)5-11-8/h6-8,11,14H,4-5H2,1-3H3,(H,12,15). The van der Waals surface area contributed by atoms with Gasteiger partial charge in [-0.3, -0.25) is 9.59 Å². The van der Waals surface area contributed by atoms with E-state index in [-0.39, 0.29) is 11.8 Å². The van der Waals surface area contributed by atoms with Crippen LogP contribution in [0.15, 0.2) is 0 Å². The summed E-state index contributed by atoms with van der Waals surface area (Å²) in [6.45, 7) is 2.07. The van der Waals surface area contributed by atoms with Gasteiger partial charge >= 0.3 is 0 Å². The number of nitrogens with one attached hydrogen (secondary N) is 2. The van der Waals surface area contributed by atoms with Crippen LogP contribution in [-0.4, -0.2) is 60.6 Å². The second-order valence-corrected chi connectivity index (χ2v) is 4.31. The van der Waals surface area contributed by atoms with Gasteiger partial charge in [-0.05, 0) is 13.3 Å². The molecule has 0 radical (unpaired) electrons. The average molecular weight is 229 g/mol. The minimum Gasteiger partial charge on any atom is -0.392 e. The molecule has 0 aromatic carbocycles. The smallest absolute Gasteiger partial charge is 0.244 e. The molecule has 16 heavy (non-hydrogen) atoms. The Hall–Kier alpha value is -1.14. The van der Waals surface area contributed by atoms with Crippen LogP contribution in [-0.2, 0) is 9.59 Å². The molecule has 0 aliphatic carbocycles. The van der Waals surface area contributed by atoms with Crippen molar-refractivity contribution >= 4 is 11.8 Å². The van der Waals surface area contributed by atoms with Crippen molar-refractivity contribution in [2.45, 2.75) is 31.5 Å². The van der Waals surface area contributed by atoms with E-state index >= 15 is 0 Å². The average Bonchev–Trinajstić information content (AvgIpc) is 2.63. The van der Waals surface area contributed by atoms with Crippen molar-refractivity contribution < 1.29 is 14.7 Å². The van der Waals surface area contributed by atoms with Gasteiger partial charge < -0.3 is 20.6 Å². The Morgan fingerprint density at radius 2 is 2.12 bits per heavy atom. The Morgan fingerprint density at radius 1 is 1.50 bits per heavy atom. The molecule has 1 aliphatic rings. The van der Waals surface area contributed by atoms with Crippen molar-refractivity contribution in [3.8, 4) is 0 Å². The van der Waals surface area contributed by atoms with Crippen LogP contribution < -0.4 is 10.6 Å². The van der Waals surface area contributed by atoms with Crippen LogP contribution in [0.1, 0.15) is 13.3 Å². The Labute approximate surface area is 95.0 Å². The first kappa shape index (κ1) is 12.9. The fourth-order valence-corrected chi connectivity index (χ4v) is 1.68. The molecule has 1 saturated heterocycles. The fourth-order valence-electron chi connectivity index (χ4n) is 1.68. The first-order valence-electron chi connectivity index (χ1n) is 5.34. The van der Waals surface area contributed by atoms with Gasteiger partial charge in [-0.15, -0.1) is 0 Å². The molecule has 3 unspecified atom stereocenters. The van der Waals surface area contributed by atoms with Gasteiger partial charge in [0.1, 0.15) is 6.04 Å². The quantitative estimate of drug-likeness (QED) is 0.539. The number of aliphatic hydroxyl groups is 1. The summed E-state index contributed by atoms with van der Waals surface area (Å²) >= 11 is 0. The van der Waals surface area contributed by atoms with Gasteiger partial charge in [-0.25, -0.2) is 0 Å². The van der Waals surface area contributed by atoms with E-state index in [9.17, 15) is 14.7 Å². The molecule has 1 aliphatic heterocycles. The molecule has 3 atom stereocenters. The minimum absolute atomic E-state index is 0.146. The maximum Gasteiger partial charge on any atom is 0.244 e. The second-order valence-electron chi connectivity index (χ2n) is 4.31. The summed E-state index contributed by atoms with van der Waals surface area (Å²) < 4.78 is 0. The molecule has 0 spiro atoms. The van der Waals surface area contributed by atoms with E-state index in [0.29, 0.717) is 13.0 Å². The van der Waals surface area contributed by atoms with E-state index in [1.807, 2.05) is 0 Å². The summed E-state index contributed by atoms with van der Waals surface area (Å²) in [7, 11) is 3.28. The van der Waals surface area contributed by atoms with Crippen molar-refractivity contribution in [2.75, 3.05) is 20.6 Å². The Kier molecular flexibility index (Phi) is 4.26. The fraction of sp³-hybridized carbons (Fsp3) is 0.800. The maximum absolute atomic E-state index is 11.7. The van der Waals surface area contributed by atoms with Gasteiger partial charge in [0.2, 0.25) is 11.8 Å². The third-order valence-electron chi connectivity index (χ3n) is 2.59. The highest BCUT2D eigenvalue weighted by atomic mass is 16.3. The van der Waals surface area contributed by atoms with E-state index in [1.54, 1.807) is 21.0 Å². The highest BCUT2D eigenvalue weighted by Gasteiger charge is 2.29. The predicted molar refractivity (Wildman–Crippen MR) is 58.7 cm³/mol. The zero-order chi connectivity index (χ0) is 12.3. The molecule has 1 fully saturated rings. The number of carbonyl (C=O) groups is 2. The number of amides is 2. The number of β-amino-alcohol motifs (C(OH)–C–C–N with tert-alkyl or cyclic N) is 1. The molecule has 0 aromatic rings. The van der Waals surface area contributed by atoms with Crippen molar-refractivity contribution in [3.05, 3.63) is 0 Å². The molecular formula is C10H19N3O3. The van der Waals surface area contributed by atoms with Gasteiger partial charge in [-0.1, -0.05) is 0 Å². The van der Waals surface area contributed by atoms with Crippen LogP contribution >= 0.6 is 0 Å². The summed E-state index contributed by atoms with van der Waals surface area (Å²) in [4.78, 5) is 24.6. The molecular weight excluding hydrogens is 210 g/mol. The highest BCUT2D eigenvalue weighted by molar-refractivity contribution is 5.89. The van der Waals surface area contributed by atoms with Gasteiger partial charge in [0.25, 0.3) is 0 Å². The number of hydrogen-bond donors (Lipinski definition) is 3. The lowest BCUT2D eigenvalue weighted by atomic mass is 10.2. The molecule has 0 bridgehead atoms. The predicted octanol–water partition coefficient (Wildman–Crippen LogP) is -1.70. The van der Waals surface area contributed by atoms with Gasteiger partial charge in [0.15, 0.2) is 0 Å². The molecule has 0 saturated carbocycles. The number of aliphatic hydroxyl groups excluding tert-OH is 1. The molecule has 6 heteroatoms. The topological polar surface area (TPSA) is 81.7 Å². The van der Waals surface area contributed by atoms with Crippen molar-refractivity contribution in [2.24, 2.45) is 0 Å². The van der Waals surface area contributed by atoms with Crippen molar-refractivity contribution in [1.82, 2.24) is 15.5 Å². The lowest BCUT2D eigenvalue weighted by Crippen LogP contribution is -2.49. The Balaban J connectivity index is 2.42. The number of rotatable bonds is 3. The van der Waals surface area contributed by atoms with E-state index in [0.717, 1.165) is 0 Å². The van der Waals surface area contributed by atoms with Crippen LogP contribution in [0.3, 0.4) is 0 Å². The minimum atomic E-state index is -0.540. The number of carbonyl (C=O) groups excluding carboxylic acids is 2. The van der Waals surface area contributed by atoms with Crippen LogP contribution in [0.4, 0.5) is 0 Å². The third kappa shape index (κ3) is 3.18. The maximum atomic E-state index is 11.7. The first-order chi connectivity index (χ1) is 7.41. The van der Waals surface area contributed by atoms with Crippen molar-refractivity contribution in [3.63, 3.8) is 0 Å².